The van der Waals surface area contributed by atoms with Gasteiger partial charge in [0.2, 0.25) is 0 Å². The number of hydrogen-bond acceptors (Lipinski definition) is 4. The van der Waals surface area contributed by atoms with Gasteiger partial charge in [-0.3, -0.25) is 4.98 Å². The summed E-state index contributed by atoms with van der Waals surface area (Å²) in [7, 11) is 0. The zero-order chi connectivity index (χ0) is 17.1. The van der Waals surface area contributed by atoms with Gasteiger partial charge in [0, 0.05) is 24.0 Å². The molecule has 0 saturated carbocycles. The number of benzene rings is 1. The first-order valence-corrected chi connectivity index (χ1v) is 7.23. The number of carbonyl (C=O) groups is 1. The van der Waals surface area contributed by atoms with E-state index in [0.717, 1.165) is 12.1 Å². The average Bonchev–Trinajstić information content (AvgIpc) is 3.01. The molecule has 0 amide bonds. The van der Waals surface area contributed by atoms with Crippen molar-refractivity contribution < 1.29 is 18.3 Å². The molecule has 0 atom stereocenters. The summed E-state index contributed by atoms with van der Waals surface area (Å²) in [5, 5.41) is 4.13. The summed E-state index contributed by atoms with van der Waals surface area (Å²) < 4.78 is 33.5. The molecule has 2 aromatic heterocycles. The smallest absolute Gasteiger partial charge is 0.358 e. The first kappa shape index (κ1) is 15.8. The highest BCUT2D eigenvalue weighted by atomic mass is 19.1. The first-order chi connectivity index (χ1) is 11.6. The molecule has 0 fully saturated rings. The number of carbonyl (C=O) groups excluding carboxylic acids is 1. The molecule has 3 aromatic rings. The van der Waals surface area contributed by atoms with Gasteiger partial charge in [0.1, 0.15) is 11.5 Å². The number of hydrogen-bond donors (Lipinski definition) is 0. The summed E-state index contributed by atoms with van der Waals surface area (Å²) in [5.41, 5.74) is 1.20. The third kappa shape index (κ3) is 3.01. The molecule has 2 heterocycles. The lowest BCUT2D eigenvalue weighted by atomic mass is 10.2. The van der Waals surface area contributed by atoms with Crippen LogP contribution in [-0.2, 0) is 4.74 Å². The van der Waals surface area contributed by atoms with Gasteiger partial charge in [0.15, 0.2) is 11.5 Å². The van der Waals surface area contributed by atoms with E-state index in [-0.39, 0.29) is 18.0 Å². The second kappa shape index (κ2) is 6.57. The van der Waals surface area contributed by atoms with Crippen LogP contribution >= 0.6 is 0 Å². The van der Waals surface area contributed by atoms with Gasteiger partial charge in [0.05, 0.1) is 12.3 Å². The molecule has 5 nitrogen and oxygen atoms in total. The van der Waals surface area contributed by atoms with E-state index in [2.05, 4.69) is 10.1 Å². The Morgan fingerprint density at radius 2 is 1.92 bits per heavy atom. The Morgan fingerprint density at radius 1 is 1.17 bits per heavy atom. The second-order valence-corrected chi connectivity index (χ2v) is 4.88. The molecule has 0 saturated heterocycles. The van der Waals surface area contributed by atoms with Gasteiger partial charge in [-0.25, -0.2) is 18.3 Å². The van der Waals surface area contributed by atoms with E-state index in [1.807, 2.05) is 0 Å². The molecule has 1 aromatic carbocycles. The van der Waals surface area contributed by atoms with Gasteiger partial charge in [-0.1, -0.05) is 0 Å². The maximum Gasteiger partial charge on any atom is 0.358 e. The summed E-state index contributed by atoms with van der Waals surface area (Å²) in [5.74, 6) is -2.10. The number of pyridine rings is 1. The minimum absolute atomic E-state index is 0.0266. The van der Waals surface area contributed by atoms with Crippen LogP contribution in [0.5, 0.6) is 0 Å². The topological polar surface area (TPSA) is 57.0 Å². The SMILES string of the molecule is CCOC(=O)c1cc(-c2ccncc2)n(-c2ccc(F)cc2F)n1. The van der Waals surface area contributed by atoms with E-state index in [1.54, 1.807) is 31.5 Å². The van der Waals surface area contributed by atoms with Crippen molar-refractivity contribution in [1.82, 2.24) is 14.8 Å². The minimum atomic E-state index is -0.788. The third-order valence-electron chi connectivity index (χ3n) is 3.31. The number of aromatic nitrogens is 3. The highest BCUT2D eigenvalue weighted by Gasteiger charge is 2.19. The molecule has 0 N–H and O–H groups in total. The van der Waals surface area contributed by atoms with Crippen LogP contribution in [0, 0.1) is 11.6 Å². The van der Waals surface area contributed by atoms with Crippen molar-refractivity contribution in [2.45, 2.75) is 6.92 Å². The lowest BCUT2D eigenvalue weighted by molar-refractivity contribution is 0.0519. The Kier molecular flexibility index (Phi) is 4.33. The lowest BCUT2D eigenvalue weighted by Crippen LogP contribution is -2.07. The molecule has 122 valence electrons. The van der Waals surface area contributed by atoms with E-state index in [4.69, 9.17) is 4.74 Å². The molecular formula is C17H13F2N3O2. The molecule has 0 unspecified atom stereocenters. The monoisotopic (exact) mass is 329 g/mol. The molecule has 0 aliphatic rings. The molecule has 0 aliphatic heterocycles. The van der Waals surface area contributed by atoms with E-state index in [1.165, 1.54) is 16.8 Å². The van der Waals surface area contributed by atoms with E-state index in [0.29, 0.717) is 11.3 Å². The van der Waals surface area contributed by atoms with Crippen LogP contribution in [0.15, 0.2) is 48.8 Å². The first-order valence-electron chi connectivity index (χ1n) is 7.23. The van der Waals surface area contributed by atoms with Gasteiger partial charge < -0.3 is 4.74 Å². The molecule has 24 heavy (non-hydrogen) atoms. The Morgan fingerprint density at radius 3 is 2.58 bits per heavy atom. The zero-order valence-corrected chi connectivity index (χ0v) is 12.7. The van der Waals surface area contributed by atoms with Gasteiger partial charge in [0.25, 0.3) is 0 Å². The third-order valence-corrected chi connectivity index (χ3v) is 3.31. The second-order valence-electron chi connectivity index (χ2n) is 4.88. The largest absolute Gasteiger partial charge is 0.461 e. The maximum atomic E-state index is 14.2. The van der Waals surface area contributed by atoms with Gasteiger partial charge in [-0.15, -0.1) is 0 Å². The zero-order valence-electron chi connectivity index (χ0n) is 12.7. The molecule has 7 heteroatoms. The predicted molar refractivity (Wildman–Crippen MR) is 82.7 cm³/mol. The summed E-state index contributed by atoms with van der Waals surface area (Å²) in [6, 6.07) is 8.04. The lowest BCUT2D eigenvalue weighted by Gasteiger charge is -2.08. The molecule has 0 bridgehead atoms. The summed E-state index contributed by atoms with van der Waals surface area (Å²) >= 11 is 0. The molecule has 0 radical (unpaired) electrons. The number of esters is 1. The predicted octanol–water partition coefficient (Wildman–Crippen LogP) is 3.39. The van der Waals surface area contributed by atoms with Crippen LogP contribution in [0.3, 0.4) is 0 Å². The Bertz CT molecular complexity index is 879. The number of ether oxygens (including phenoxy) is 1. The Hall–Kier alpha value is -3.09. The highest BCUT2D eigenvalue weighted by Crippen LogP contribution is 2.25. The highest BCUT2D eigenvalue weighted by molar-refractivity contribution is 5.89. The van der Waals surface area contributed by atoms with E-state index < -0.39 is 17.6 Å². The van der Waals surface area contributed by atoms with Crippen molar-refractivity contribution in [3.63, 3.8) is 0 Å². The fourth-order valence-corrected chi connectivity index (χ4v) is 2.25. The van der Waals surface area contributed by atoms with Crippen LogP contribution < -0.4 is 0 Å². The summed E-state index contributed by atoms with van der Waals surface area (Å²) in [6.45, 7) is 1.87. The van der Waals surface area contributed by atoms with Crippen LogP contribution in [-0.4, -0.2) is 27.3 Å². The van der Waals surface area contributed by atoms with Crippen molar-refractivity contribution in [2.24, 2.45) is 0 Å². The normalized spacial score (nSPS) is 10.6. The average molecular weight is 329 g/mol. The van der Waals surface area contributed by atoms with Gasteiger partial charge in [-0.05, 0) is 37.3 Å². The molecule has 0 aliphatic carbocycles. The molecular weight excluding hydrogens is 316 g/mol. The summed E-state index contributed by atoms with van der Waals surface area (Å²) in [4.78, 5) is 15.9. The van der Waals surface area contributed by atoms with Gasteiger partial charge >= 0.3 is 5.97 Å². The maximum absolute atomic E-state index is 14.2. The van der Waals surface area contributed by atoms with Crippen LogP contribution in [0.4, 0.5) is 8.78 Å². The van der Waals surface area contributed by atoms with E-state index in [9.17, 15) is 13.6 Å². The Balaban J connectivity index is 2.17. The van der Waals surface area contributed by atoms with Crippen molar-refractivity contribution in [3.05, 3.63) is 66.1 Å². The fraction of sp³-hybridized carbons (Fsp3) is 0.118. The minimum Gasteiger partial charge on any atom is -0.461 e. The number of nitrogens with zero attached hydrogens (tertiary/aromatic N) is 3. The quantitative estimate of drug-likeness (QED) is 0.689. The van der Waals surface area contributed by atoms with Crippen molar-refractivity contribution in [1.29, 1.82) is 0 Å². The van der Waals surface area contributed by atoms with Crippen LogP contribution in [0.25, 0.3) is 16.9 Å². The molecule has 3 rings (SSSR count). The van der Waals surface area contributed by atoms with Crippen molar-refractivity contribution in [2.75, 3.05) is 6.61 Å². The Labute approximate surface area is 136 Å². The van der Waals surface area contributed by atoms with Crippen molar-refractivity contribution >= 4 is 5.97 Å². The van der Waals surface area contributed by atoms with Crippen LogP contribution in [0.2, 0.25) is 0 Å². The van der Waals surface area contributed by atoms with E-state index >= 15 is 0 Å². The van der Waals surface area contributed by atoms with Crippen molar-refractivity contribution in [3.8, 4) is 16.9 Å². The number of rotatable bonds is 4. The van der Waals surface area contributed by atoms with Gasteiger partial charge in [-0.2, -0.15) is 5.10 Å². The number of halogens is 2. The fourth-order valence-electron chi connectivity index (χ4n) is 2.25. The standard InChI is InChI=1S/C17H13F2N3O2/c1-2-24-17(23)14-10-16(11-5-7-20-8-6-11)22(21-14)15-4-3-12(18)9-13(15)19/h3-10H,2H2,1H3. The molecule has 0 spiro atoms. The van der Waals surface area contributed by atoms with Crippen LogP contribution in [0.1, 0.15) is 17.4 Å². The summed E-state index contributed by atoms with van der Waals surface area (Å²) in [6.07, 6.45) is 3.13.